The van der Waals surface area contributed by atoms with Crippen molar-refractivity contribution in [2.24, 2.45) is 17.8 Å². The Kier molecular flexibility index (Phi) is 8.28. The predicted molar refractivity (Wildman–Crippen MR) is 140 cm³/mol. The molecule has 1 fully saturated rings. The fourth-order valence-corrected chi connectivity index (χ4v) is 6.55. The minimum absolute atomic E-state index is 0.0670. The second-order valence-corrected chi connectivity index (χ2v) is 12.5. The largest absolute Gasteiger partial charge is 0.405 e. The SMILES string of the molecule is CC(C)[C@@H](Cc1cncc(-c2c[nH]c3ncc(C(=O)NCC4CCS(=O)(=O)C4)cc23)c1)C(=O)NCC(F)(F)F. The van der Waals surface area contributed by atoms with Gasteiger partial charge in [-0.3, -0.25) is 14.6 Å². The van der Waals surface area contributed by atoms with Crippen LogP contribution in [0, 0.1) is 17.8 Å². The Hall–Kier alpha value is -3.48. The van der Waals surface area contributed by atoms with Gasteiger partial charge in [0.1, 0.15) is 12.2 Å². The van der Waals surface area contributed by atoms with E-state index in [1.54, 1.807) is 38.5 Å². The van der Waals surface area contributed by atoms with Crippen LogP contribution >= 0.6 is 0 Å². The number of carbonyl (C=O) groups excluding carboxylic acids is 2. The van der Waals surface area contributed by atoms with Gasteiger partial charge in [-0.1, -0.05) is 13.8 Å². The Labute approximate surface area is 223 Å². The fourth-order valence-electron chi connectivity index (χ4n) is 4.69. The first kappa shape index (κ1) is 28.5. The number of nitrogens with zero attached hydrogens (tertiary/aromatic N) is 2. The van der Waals surface area contributed by atoms with Gasteiger partial charge in [0.25, 0.3) is 5.91 Å². The molecule has 39 heavy (non-hydrogen) atoms. The van der Waals surface area contributed by atoms with Gasteiger partial charge in [0.15, 0.2) is 9.84 Å². The highest BCUT2D eigenvalue weighted by molar-refractivity contribution is 7.91. The first-order valence-corrected chi connectivity index (χ1v) is 14.4. The Balaban J connectivity index is 1.51. The van der Waals surface area contributed by atoms with Crippen LogP contribution in [0.2, 0.25) is 0 Å². The summed E-state index contributed by atoms with van der Waals surface area (Å²) in [6.07, 6.45) is 2.58. The van der Waals surface area contributed by atoms with Crippen molar-refractivity contribution in [3.63, 3.8) is 0 Å². The van der Waals surface area contributed by atoms with Gasteiger partial charge >= 0.3 is 6.18 Å². The summed E-state index contributed by atoms with van der Waals surface area (Å²) in [6, 6.07) is 3.50. The summed E-state index contributed by atoms with van der Waals surface area (Å²) in [7, 11) is -3.04. The summed E-state index contributed by atoms with van der Waals surface area (Å²) in [5.41, 5.74) is 2.93. The van der Waals surface area contributed by atoms with Gasteiger partial charge in [-0.2, -0.15) is 13.2 Å². The molecule has 4 heterocycles. The number of hydrogen-bond acceptors (Lipinski definition) is 6. The number of pyridine rings is 2. The molecule has 0 spiro atoms. The van der Waals surface area contributed by atoms with E-state index in [0.29, 0.717) is 39.7 Å². The lowest BCUT2D eigenvalue weighted by Crippen LogP contribution is -2.40. The van der Waals surface area contributed by atoms with Gasteiger partial charge in [-0.25, -0.2) is 13.4 Å². The normalized spacial score (nSPS) is 17.8. The molecule has 0 bridgehead atoms. The van der Waals surface area contributed by atoms with Gasteiger partial charge in [-0.15, -0.1) is 0 Å². The number of sulfone groups is 1. The Bertz CT molecular complexity index is 1470. The number of halogens is 3. The van der Waals surface area contributed by atoms with Gasteiger partial charge in [0.05, 0.1) is 17.1 Å². The van der Waals surface area contributed by atoms with Crippen LogP contribution in [0.5, 0.6) is 0 Å². The molecule has 1 aliphatic heterocycles. The third-order valence-corrected chi connectivity index (χ3v) is 8.67. The van der Waals surface area contributed by atoms with Crippen LogP contribution in [-0.2, 0) is 21.1 Å². The maximum atomic E-state index is 12.8. The van der Waals surface area contributed by atoms with Crippen molar-refractivity contribution in [3.8, 4) is 11.1 Å². The topological polar surface area (TPSA) is 134 Å². The second kappa shape index (κ2) is 11.3. The summed E-state index contributed by atoms with van der Waals surface area (Å²) in [4.78, 5) is 36.9. The van der Waals surface area contributed by atoms with Crippen LogP contribution in [0.15, 0.2) is 36.9 Å². The molecule has 2 atom stereocenters. The highest BCUT2D eigenvalue weighted by Crippen LogP contribution is 2.29. The molecule has 9 nitrogen and oxygen atoms in total. The van der Waals surface area contributed by atoms with Crippen LogP contribution < -0.4 is 10.6 Å². The molecular formula is C26H30F3N5O4S. The lowest BCUT2D eigenvalue weighted by atomic mass is 9.88. The average molecular weight is 566 g/mol. The third kappa shape index (κ3) is 7.34. The van der Waals surface area contributed by atoms with Gasteiger partial charge in [0, 0.05) is 53.8 Å². The standard InChI is InChI=1S/C26H30F3N5O4S/c1-15(2)20(25(36)34-14-26(27,28)29)6-17-5-18(10-30-8-17)22-12-32-23-21(22)7-19(11-31-23)24(35)33-9-16-3-4-39(37,38)13-16/h5,7-8,10-12,15-16,20H,3-4,6,9,13-14H2,1-2H3,(H,31,32)(H,33,35)(H,34,36)/t16?,20-/m1/s1. The molecule has 0 radical (unpaired) electrons. The van der Waals surface area contributed by atoms with Crippen molar-refractivity contribution in [1.82, 2.24) is 25.6 Å². The van der Waals surface area contributed by atoms with Gasteiger partial charge in [-0.05, 0) is 42.4 Å². The highest BCUT2D eigenvalue weighted by atomic mass is 32.2. The molecule has 1 saturated heterocycles. The number of alkyl halides is 3. The molecule has 4 rings (SSSR count). The molecule has 0 aromatic carbocycles. The molecule has 3 aromatic heterocycles. The zero-order valence-electron chi connectivity index (χ0n) is 21.5. The summed E-state index contributed by atoms with van der Waals surface area (Å²) in [6.45, 7) is 2.43. The number of rotatable bonds is 9. The summed E-state index contributed by atoms with van der Waals surface area (Å²) in [5.74, 6) is -1.83. The fraction of sp³-hybridized carbons (Fsp3) is 0.462. The van der Waals surface area contributed by atoms with E-state index in [9.17, 15) is 31.2 Å². The van der Waals surface area contributed by atoms with Crippen molar-refractivity contribution in [2.75, 3.05) is 24.6 Å². The van der Waals surface area contributed by atoms with E-state index in [0.717, 1.165) is 0 Å². The molecule has 210 valence electrons. The van der Waals surface area contributed by atoms with E-state index in [1.165, 1.54) is 6.20 Å². The maximum absolute atomic E-state index is 12.8. The molecular weight excluding hydrogens is 535 g/mol. The van der Waals surface area contributed by atoms with Crippen molar-refractivity contribution >= 4 is 32.7 Å². The third-order valence-electron chi connectivity index (χ3n) is 6.84. The predicted octanol–water partition coefficient (Wildman–Crippen LogP) is 3.28. The van der Waals surface area contributed by atoms with E-state index >= 15 is 0 Å². The lowest BCUT2D eigenvalue weighted by molar-refractivity contribution is -0.141. The first-order valence-electron chi connectivity index (χ1n) is 12.6. The van der Waals surface area contributed by atoms with Crippen molar-refractivity contribution in [3.05, 3.63) is 48.0 Å². The van der Waals surface area contributed by atoms with Crippen LogP contribution in [0.3, 0.4) is 0 Å². The minimum Gasteiger partial charge on any atom is -0.352 e. The molecule has 2 amide bonds. The number of amides is 2. The number of carbonyl (C=O) groups is 2. The van der Waals surface area contributed by atoms with Crippen LogP contribution in [0.4, 0.5) is 13.2 Å². The smallest absolute Gasteiger partial charge is 0.352 e. The number of fused-ring (bicyclic) bond motifs is 1. The van der Waals surface area contributed by atoms with Gasteiger partial charge < -0.3 is 15.6 Å². The van der Waals surface area contributed by atoms with E-state index < -0.39 is 34.4 Å². The number of aromatic nitrogens is 3. The van der Waals surface area contributed by atoms with E-state index in [-0.39, 0.29) is 42.2 Å². The Morgan fingerprint density at radius 1 is 1.15 bits per heavy atom. The Morgan fingerprint density at radius 3 is 2.59 bits per heavy atom. The van der Waals surface area contributed by atoms with Gasteiger partial charge in [0.2, 0.25) is 5.91 Å². The molecule has 1 aliphatic rings. The van der Waals surface area contributed by atoms with Crippen LogP contribution in [0.25, 0.3) is 22.2 Å². The average Bonchev–Trinajstić information content (AvgIpc) is 3.45. The molecule has 3 N–H and O–H groups in total. The van der Waals surface area contributed by atoms with E-state index in [1.807, 2.05) is 11.4 Å². The van der Waals surface area contributed by atoms with E-state index in [2.05, 4.69) is 20.3 Å². The van der Waals surface area contributed by atoms with Crippen molar-refractivity contribution < 1.29 is 31.2 Å². The van der Waals surface area contributed by atoms with Crippen LogP contribution in [0.1, 0.15) is 36.2 Å². The number of aromatic amines is 1. The highest BCUT2D eigenvalue weighted by Gasteiger charge is 2.31. The monoisotopic (exact) mass is 565 g/mol. The second-order valence-electron chi connectivity index (χ2n) is 10.3. The molecule has 0 aliphatic carbocycles. The Morgan fingerprint density at radius 2 is 1.92 bits per heavy atom. The van der Waals surface area contributed by atoms with E-state index in [4.69, 9.17) is 0 Å². The number of H-pyrrole nitrogens is 1. The summed E-state index contributed by atoms with van der Waals surface area (Å²) in [5, 5.41) is 5.43. The number of hydrogen-bond donors (Lipinski definition) is 3. The molecule has 1 unspecified atom stereocenters. The lowest BCUT2D eigenvalue weighted by Gasteiger charge is -2.21. The van der Waals surface area contributed by atoms with Crippen molar-refractivity contribution in [1.29, 1.82) is 0 Å². The number of nitrogens with one attached hydrogen (secondary N) is 3. The first-order chi connectivity index (χ1) is 18.3. The van der Waals surface area contributed by atoms with Crippen molar-refractivity contribution in [2.45, 2.75) is 32.9 Å². The summed E-state index contributed by atoms with van der Waals surface area (Å²) >= 11 is 0. The minimum atomic E-state index is -4.49. The zero-order valence-corrected chi connectivity index (χ0v) is 22.3. The van der Waals surface area contributed by atoms with Crippen LogP contribution in [-0.4, -0.2) is 66.0 Å². The molecule has 3 aromatic rings. The molecule has 0 saturated carbocycles. The molecule has 13 heteroatoms. The quantitative estimate of drug-likeness (QED) is 0.365. The zero-order chi connectivity index (χ0) is 28.4. The summed E-state index contributed by atoms with van der Waals surface area (Å²) < 4.78 is 61.1. The maximum Gasteiger partial charge on any atom is 0.405 e.